The lowest BCUT2D eigenvalue weighted by atomic mass is 10.1. The number of benzene rings is 2. The Morgan fingerprint density at radius 1 is 1.22 bits per heavy atom. The Balaban J connectivity index is 1.71. The van der Waals surface area contributed by atoms with E-state index in [-0.39, 0.29) is 18.0 Å². The maximum atomic E-state index is 13.5. The molecule has 0 fully saturated rings. The highest BCUT2D eigenvalue weighted by molar-refractivity contribution is 7.99. The monoisotopic (exact) mass is 333 g/mol. The Kier molecular flexibility index (Phi) is 6.62. The van der Waals surface area contributed by atoms with Gasteiger partial charge in [-0.1, -0.05) is 48.0 Å². The topological polar surface area (TPSA) is 49.3 Å². The highest BCUT2D eigenvalue weighted by atomic mass is 32.2. The summed E-state index contributed by atoms with van der Waals surface area (Å²) in [7, 11) is 0. The molecule has 23 heavy (non-hydrogen) atoms. The molecule has 122 valence electrons. The van der Waals surface area contributed by atoms with Crippen LogP contribution in [0.1, 0.15) is 22.8 Å². The van der Waals surface area contributed by atoms with E-state index in [0.717, 1.165) is 5.75 Å². The lowest BCUT2D eigenvalue weighted by molar-refractivity contribution is -0.119. The zero-order valence-electron chi connectivity index (χ0n) is 13.0. The van der Waals surface area contributed by atoms with Gasteiger partial charge in [0.2, 0.25) is 5.91 Å². The molecule has 0 saturated carbocycles. The number of carbonyl (C=O) groups is 1. The molecule has 2 aromatic rings. The van der Waals surface area contributed by atoms with Gasteiger partial charge in [-0.05, 0) is 18.6 Å². The number of aliphatic hydroxyl groups excluding tert-OH is 1. The number of aryl methyl sites for hydroxylation is 1. The third kappa shape index (κ3) is 5.69. The second-order valence-electron chi connectivity index (χ2n) is 5.32. The molecule has 0 saturated heterocycles. The fraction of sp³-hybridized carbons (Fsp3) is 0.278. The molecule has 1 amide bonds. The van der Waals surface area contributed by atoms with Crippen molar-refractivity contribution in [3.05, 3.63) is 71.0 Å². The number of rotatable bonds is 7. The molecule has 0 aliphatic rings. The van der Waals surface area contributed by atoms with Gasteiger partial charge >= 0.3 is 0 Å². The van der Waals surface area contributed by atoms with E-state index in [0.29, 0.717) is 5.75 Å². The number of thioether (sulfide) groups is 1. The van der Waals surface area contributed by atoms with Gasteiger partial charge in [0.1, 0.15) is 5.82 Å². The van der Waals surface area contributed by atoms with Crippen LogP contribution in [-0.4, -0.2) is 23.3 Å². The summed E-state index contributed by atoms with van der Waals surface area (Å²) in [5, 5.41) is 12.5. The number of amides is 1. The van der Waals surface area contributed by atoms with Crippen LogP contribution in [0.4, 0.5) is 4.39 Å². The summed E-state index contributed by atoms with van der Waals surface area (Å²) in [6.07, 6.45) is -1.04. The zero-order chi connectivity index (χ0) is 16.7. The van der Waals surface area contributed by atoms with Crippen molar-refractivity contribution in [2.24, 2.45) is 0 Å². The van der Waals surface area contributed by atoms with E-state index in [4.69, 9.17) is 0 Å². The minimum atomic E-state index is -1.04. The van der Waals surface area contributed by atoms with Crippen molar-refractivity contribution in [3.8, 4) is 0 Å². The molecule has 0 radical (unpaired) electrons. The van der Waals surface area contributed by atoms with Crippen LogP contribution in [0.2, 0.25) is 0 Å². The number of hydrogen-bond acceptors (Lipinski definition) is 3. The van der Waals surface area contributed by atoms with E-state index >= 15 is 0 Å². The first-order valence-electron chi connectivity index (χ1n) is 7.38. The molecule has 0 aliphatic heterocycles. The average molecular weight is 333 g/mol. The van der Waals surface area contributed by atoms with Crippen molar-refractivity contribution in [2.45, 2.75) is 18.8 Å². The molecular weight excluding hydrogens is 313 g/mol. The SMILES string of the molecule is Cc1ccc(CSCC(=O)NCC(O)c2ccccc2F)cc1. The average Bonchev–Trinajstić information content (AvgIpc) is 2.55. The van der Waals surface area contributed by atoms with Crippen molar-refractivity contribution in [1.82, 2.24) is 5.32 Å². The van der Waals surface area contributed by atoms with Crippen LogP contribution in [-0.2, 0) is 10.5 Å². The van der Waals surface area contributed by atoms with Gasteiger partial charge in [-0.25, -0.2) is 4.39 Å². The second-order valence-corrected chi connectivity index (χ2v) is 6.31. The van der Waals surface area contributed by atoms with Gasteiger partial charge in [0.05, 0.1) is 11.9 Å². The molecule has 0 heterocycles. The summed E-state index contributed by atoms with van der Waals surface area (Å²) in [6.45, 7) is 2.04. The number of halogens is 1. The van der Waals surface area contributed by atoms with Gasteiger partial charge in [-0.3, -0.25) is 4.79 Å². The normalized spacial score (nSPS) is 12.0. The summed E-state index contributed by atoms with van der Waals surface area (Å²) >= 11 is 1.50. The van der Waals surface area contributed by atoms with Crippen LogP contribution >= 0.6 is 11.8 Å². The number of carbonyl (C=O) groups excluding carboxylic acids is 1. The molecular formula is C18H20FNO2S. The third-order valence-corrected chi connectivity index (χ3v) is 4.38. The van der Waals surface area contributed by atoms with E-state index in [1.165, 1.54) is 35.0 Å². The Hall–Kier alpha value is -1.85. The fourth-order valence-corrected chi connectivity index (χ4v) is 2.88. The first kappa shape index (κ1) is 17.5. The van der Waals surface area contributed by atoms with Gasteiger partial charge < -0.3 is 10.4 Å². The van der Waals surface area contributed by atoms with E-state index < -0.39 is 11.9 Å². The van der Waals surface area contributed by atoms with E-state index in [2.05, 4.69) is 5.32 Å². The summed E-state index contributed by atoms with van der Waals surface area (Å²) < 4.78 is 13.5. The molecule has 1 unspecified atom stereocenters. The van der Waals surface area contributed by atoms with E-state index in [1.54, 1.807) is 12.1 Å². The van der Waals surface area contributed by atoms with Gasteiger partial charge in [0, 0.05) is 17.9 Å². The summed E-state index contributed by atoms with van der Waals surface area (Å²) in [6, 6.07) is 14.2. The quantitative estimate of drug-likeness (QED) is 0.818. The van der Waals surface area contributed by atoms with Crippen LogP contribution in [0.15, 0.2) is 48.5 Å². The molecule has 0 aromatic heterocycles. The van der Waals surface area contributed by atoms with Crippen molar-refractivity contribution >= 4 is 17.7 Å². The predicted molar refractivity (Wildman–Crippen MR) is 91.7 cm³/mol. The number of hydrogen-bond donors (Lipinski definition) is 2. The van der Waals surface area contributed by atoms with Crippen molar-refractivity contribution < 1.29 is 14.3 Å². The highest BCUT2D eigenvalue weighted by Crippen LogP contribution is 2.16. The molecule has 0 aliphatic carbocycles. The Morgan fingerprint density at radius 3 is 2.61 bits per heavy atom. The van der Waals surface area contributed by atoms with Crippen molar-refractivity contribution in [3.63, 3.8) is 0 Å². The Bertz CT molecular complexity index is 646. The lowest BCUT2D eigenvalue weighted by Gasteiger charge is -2.13. The Morgan fingerprint density at radius 2 is 1.91 bits per heavy atom. The van der Waals surface area contributed by atoms with Gasteiger partial charge in [-0.15, -0.1) is 11.8 Å². The van der Waals surface area contributed by atoms with Crippen LogP contribution in [0, 0.1) is 12.7 Å². The van der Waals surface area contributed by atoms with Crippen molar-refractivity contribution in [2.75, 3.05) is 12.3 Å². The summed E-state index contributed by atoms with van der Waals surface area (Å²) in [5.74, 6) is 0.419. The van der Waals surface area contributed by atoms with Crippen LogP contribution in [0.25, 0.3) is 0 Å². The first-order valence-corrected chi connectivity index (χ1v) is 8.54. The fourth-order valence-electron chi connectivity index (χ4n) is 2.06. The maximum absolute atomic E-state index is 13.5. The smallest absolute Gasteiger partial charge is 0.230 e. The summed E-state index contributed by atoms with van der Waals surface area (Å²) in [4.78, 5) is 11.8. The largest absolute Gasteiger partial charge is 0.386 e. The lowest BCUT2D eigenvalue weighted by Crippen LogP contribution is -2.30. The van der Waals surface area contributed by atoms with E-state index in [1.807, 2.05) is 31.2 Å². The Labute approximate surface area is 139 Å². The molecule has 5 heteroatoms. The molecule has 2 aromatic carbocycles. The number of nitrogens with one attached hydrogen (secondary N) is 1. The first-order chi connectivity index (χ1) is 11.1. The van der Waals surface area contributed by atoms with E-state index in [9.17, 15) is 14.3 Å². The molecule has 0 bridgehead atoms. The molecule has 3 nitrogen and oxygen atoms in total. The van der Waals surface area contributed by atoms with Crippen LogP contribution in [0.5, 0.6) is 0 Å². The minimum absolute atomic E-state index is 0.00482. The van der Waals surface area contributed by atoms with Gasteiger partial charge in [0.15, 0.2) is 0 Å². The molecule has 2 rings (SSSR count). The molecule has 2 N–H and O–H groups in total. The minimum Gasteiger partial charge on any atom is -0.386 e. The molecule has 0 spiro atoms. The van der Waals surface area contributed by atoms with Crippen LogP contribution in [0.3, 0.4) is 0 Å². The van der Waals surface area contributed by atoms with Gasteiger partial charge in [0.25, 0.3) is 0 Å². The standard InChI is InChI=1S/C18H20FNO2S/c1-13-6-8-14(9-7-13)11-23-12-18(22)20-10-17(21)15-4-2-3-5-16(15)19/h2-9,17,21H,10-12H2,1H3,(H,20,22). The summed E-state index contributed by atoms with van der Waals surface area (Å²) in [5.41, 5.74) is 2.57. The third-order valence-electron chi connectivity index (χ3n) is 3.38. The second kappa shape index (κ2) is 8.70. The van der Waals surface area contributed by atoms with Crippen molar-refractivity contribution in [1.29, 1.82) is 0 Å². The zero-order valence-corrected chi connectivity index (χ0v) is 13.8. The highest BCUT2D eigenvalue weighted by Gasteiger charge is 2.13. The predicted octanol–water partition coefficient (Wildman–Crippen LogP) is 3.22. The molecule has 1 atom stereocenters. The van der Waals surface area contributed by atoms with Gasteiger partial charge in [-0.2, -0.15) is 0 Å². The maximum Gasteiger partial charge on any atom is 0.230 e. The number of aliphatic hydroxyl groups is 1. The van der Waals surface area contributed by atoms with Crippen LogP contribution < -0.4 is 5.32 Å².